The summed E-state index contributed by atoms with van der Waals surface area (Å²) in [6.45, 7) is 3.11. The van der Waals surface area contributed by atoms with E-state index in [1.165, 1.54) is 51.4 Å². The van der Waals surface area contributed by atoms with Crippen LogP contribution in [0.15, 0.2) is 0 Å². The van der Waals surface area contributed by atoms with E-state index >= 15 is 0 Å². The quantitative estimate of drug-likeness (QED) is 0.415. The Morgan fingerprint density at radius 1 is 0.750 bits per heavy atom. The van der Waals surface area contributed by atoms with Gasteiger partial charge in [-0.05, 0) is 19.3 Å². The average molecular weight is 341 g/mol. The number of amides is 2. The number of unbranched alkanes of at least 4 members (excludes halogenated alkanes) is 10. The maximum Gasteiger partial charge on any atom is 0.222 e. The molecule has 0 bridgehead atoms. The van der Waals surface area contributed by atoms with Gasteiger partial charge in [0.1, 0.15) is 0 Å². The highest BCUT2D eigenvalue weighted by Gasteiger charge is 2.07. The molecular weight excluding hydrogens is 300 g/mol. The highest BCUT2D eigenvalue weighted by molar-refractivity contribution is 5.75. The first-order chi connectivity index (χ1) is 11.6. The van der Waals surface area contributed by atoms with E-state index in [9.17, 15) is 9.59 Å². The molecule has 0 fully saturated rings. The van der Waals surface area contributed by atoms with Gasteiger partial charge < -0.3 is 10.2 Å². The Morgan fingerprint density at radius 3 is 1.83 bits per heavy atom. The van der Waals surface area contributed by atoms with Crippen molar-refractivity contribution in [2.45, 2.75) is 96.8 Å². The molecule has 0 aromatic rings. The minimum absolute atomic E-state index is 0.146. The number of nitrogens with one attached hydrogen (secondary N) is 1. The van der Waals surface area contributed by atoms with E-state index in [4.69, 9.17) is 0 Å². The second kappa shape index (κ2) is 16.8. The minimum atomic E-state index is 0.146. The first-order valence-electron chi connectivity index (χ1n) is 10.1. The molecule has 4 nitrogen and oxygen atoms in total. The van der Waals surface area contributed by atoms with Gasteiger partial charge in [-0.2, -0.15) is 0 Å². The smallest absolute Gasteiger partial charge is 0.222 e. The Kier molecular flexibility index (Phi) is 16.0. The van der Waals surface area contributed by atoms with Crippen LogP contribution in [0.5, 0.6) is 0 Å². The van der Waals surface area contributed by atoms with Gasteiger partial charge in [0.2, 0.25) is 11.8 Å². The fraction of sp³-hybridized carbons (Fsp3) is 0.900. The van der Waals surface area contributed by atoms with Crippen molar-refractivity contribution in [3.05, 3.63) is 0 Å². The van der Waals surface area contributed by atoms with Crippen molar-refractivity contribution in [3.63, 3.8) is 0 Å². The van der Waals surface area contributed by atoms with Crippen LogP contribution in [0.2, 0.25) is 0 Å². The molecule has 4 heteroatoms. The fourth-order valence-electron chi connectivity index (χ4n) is 2.84. The molecule has 0 spiro atoms. The Labute approximate surface area is 149 Å². The molecule has 0 atom stereocenters. The Bertz CT molecular complexity index is 319. The second-order valence-corrected chi connectivity index (χ2v) is 6.88. The lowest BCUT2D eigenvalue weighted by atomic mass is 10.1. The van der Waals surface area contributed by atoms with E-state index in [0.717, 1.165) is 32.2 Å². The number of carbonyl (C=O) groups excluding carboxylic acids is 2. The van der Waals surface area contributed by atoms with E-state index in [0.29, 0.717) is 18.7 Å². The summed E-state index contributed by atoms with van der Waals surface area (Å²) in [5.41, 5.74) is 0. The van der Waals surface area contributed by atoms with Crippen LogP contribution in [0.4, 0.5) is 0 Å². The summed E-state index contributed by atoms with van der Waals surface area (Å²) >= 11 is 0. The zero-order chi connectivity index (χ0) is 18.0. The van der Waals surface area contributed by atoms with Crippen molar-refractivity contribution in [1.29, 1.82) is 0 Å². The number of rotatable bonds is 16. The topological polar surface area (TPSA) is 49.4 Å². The highest BCUT2D eigenvalue weighted by atomic mass is 16.2. The van der Waals surface area contributed by atoms with E-state index < -0.39 is 0 Å². The van der Waals surface area contributed by atoms with Crippen molar-refractivity contribution < 1.29 is 9.59 Å². The van der Waals surface area contributed by atoms with E-state index in [-0.39, 0.29) is 5.91 Å². The van der Waals surface area contributed by atoms with Gasteiger partial charge in [0, 0.05) is 33.5 Å². The van der Waals surface area contributed by atoms with Crippen LogP contribution in [0.1, 0.15) is 96.8 Å². The van der Waals surface area contributed by atoms with Crippen molar-refractivity contribution in [1.82, 2.24) is 10.2 Å². The molecule has 0 saturated heterocycles. The van der Waals surface area contributed by atoms with Gasteiger partial charge in [0.25, 0.3) is 0 Å². The largest absolute Gasteiger partial charge is 0.359 e. The molecule has 0 heterocycles. The zero-order valence-corrected chi connectivity index (χ0v) is 16.4. The average Bonchev–Trinajstić information content (AvgIpc) is 2.59. The van der Waals surface area contributed by atoms with E-state index in [2.05, 4.69) is 12.2 Å². The molecule has 1 N–H and O–H groups in total. The predicted octanol–water partition coefficient (Wildman–Crippen LogP) is 4.67. The summed E-state index contributed by atoms with van der Waals surface area (Å²) in [5.74, 6) is 0.453. The normalized spacial score (nSPS) is 10.6. The van der Waals surface area contributed by atoms with Gasteiger partial charge >= 0.3 is 0 Å². The van der Waals surface area contributed by atoms with Crippen LogP contribution in [-0.2, 0) is 9.59 Å². The monoisotopic (exact) mass is 340 g/mol. The third-order valence-electron chi connectivity index (χ3n) is 4.60. The number of hydrogen-bond acceptors (Lipinski definition) is 2. The molecule has 0 aliphatic carbocycles. The Balaban J connectivity index is 3.37. The van der Waals surface area contributed by atoms with Gasteiger partial charge in [0.05, 0.1) is 0 Å². The van der Waals surface area contributed by atoms with Gasteiger partial charge in [-0.3, -0.25) is 9.59 Å². The van der Waals surface area contributed by atoms with Crippen molar-refractivity contribution in [2.75, 3.05) is 20.6 Å². The molecule has 2 amide bonds. The lowest BCUT2D eigenvalue weighted by Crippen LogP contribution is -2.27. The summed E-state index contributed by atoms with van der Waals surface area (Å²) in [6.07, 6.45) is 15.5. The molecule has 0 saturated carbocycles. The molecule has 0 unspecified atom stereocenters. The fourth-order valence-corrected chi connectivity index (χ4v) is 2.84. The van der Waals surface area contributed by atoms with Gasteiger partial charge in [0.15, 0.2) is 0 Å². The third-order valence-corrected chi connectivity index (χ3v) is 4.60. The summed E-state index contributed by atoms with van der Waals surface area (Å²) in [6, 6.07) is 0. The second-order valence-electron chi connectivity index (χ2n) is 6.88. The van der Waals surface area contributed by atoms with Crippen LogP contribution >= 0.6 is 0 Å². The van der Waals surface area contributed by atoms with E-state index in [1.54, 1.807) is 7.05 Å². The molecule has 0 aliphatic heterocycles. The van der Waals surface area contributed by atoms with Gasteiger partial charge in [-0.15, -0.1) is 0 Å². The van der Waals surface area contributed by atoms with Crippen molar-refractivity contribution in [3.8, 4) is 0 Å². The summed E-state index contributed by atoms with van der Waals surface area (Å²) < 4.78 is 0. The highest BCUT2D eigenvalue weighted by Crippen LogP contribution is 2.10. The molecule has 142 valence electrons. The molecule has 0 radical (unpaired) electrons. The van der Waals surface area contributed by atoms with Gasteiger partial charge in [-0.1, -0.05) is 64.7 Å². The molecule has 0 aromatic heterocycles. The lowest BCUT2D eigenvalue weighted by Gasteiger charge is -2.17. The maximum absolute atomic E-state index is 12.0. The number of carbonyl (C=O) groups is 2. The van der Waals surface area contributed by atoms with Crippen LogP contribution in [0.25, 0.3) is 0 Å². The van der Waals surface area contributed by atoms with Crippen LogP contribution in [0, 0.1) is 0 Å². The number of hydrogen-bond donors (Lipinski definition) is 1. The summed E-state index contributed by atoms with van der Waals surface area (Å²) in [7, 11) is 3.63. The summed E-state index contributed by atoms with van der Waals surface area (Å²) in [4.78, 5) is 25.0. The SMILES string of the molecule is CCCCCCCC(=O)N(C)CCCCCCCCCC(=O)NC. The van der Waals surface area contributed by atoms with E-state index in [1.807, 2.05) is 11.9 Å². The van der Waals surface area contributed by atoms with Gasteiger partial charge in [-0.25, -0.2) is 0 Å². The standard InChI is InChI=1S/C20H40N2O2/c1-4-5-6-10-14-17-20(24)22(3)18-15-12-9-7-8-11-13-16-19(23)21-2/h4-18H2,1-3H3,(H,21,23). The van der Waals surface area contributed by atoms with Crippen molar-refractivity contribution in [2.24, 2.45) is 0 Å². The molecule has 0 aliphatic rings. The first kappa shape index (κ1) is 22.9. The summed E-state index contributed by atoms with van der Waals surface area (Å²) in [5, 5.41) is 2.65. The molecular formula is C20H40N2O2. The molecule has 24 heavy (non-hydrogen) atoms. The third kappa shape index (κ3) is 14.5. The lowest BCUT2D eigenvalue weighted by molar-refractivity contribution is -0.130. The van der Waals surface area contributed by atoms with Crippen molar-refractivity contribution >= 4 is 11.8 Å². The Hall–Kier alpha value is -1.06. The zero-order valence-electron chi connectivity index (χ0n) is 16.4. The van der Waals surface area contributed by atoms with Crippen LogP contribution in [-0.4, -0.2) is 37.4 Å². The molecule has 0 aromatic carbocycles. The predicted molar refractivity (Wildman–Crippen MR) is 102 cm³/mol. The minimum Gasteiger partial charge on any atom is -0.359 e. The van der Waals surface area contributed by atoms with Crippen LogP contribution < -0.4 is 5.32 Å². The number of nitrogens with zero attached hydrogens (tertiary/aromatic N) is 1. The first-order valence-corrected chi connectivity index (χ1v) is 10.1. The van der Waals surface area contributed by atoms with Crippen LogP contribution in [0.3, 0.4) is 0 Å². The molecule has 0 rings (SSSR count). The maximum atomic E-state index is 12.0. The Morgan fingerprint density at radius 2 is 1.25 bits per heavy atom.